The Morgan fingerprint density at radius 3 is 2.54 bits per heavy atom. The molecule has 0 aliphatic carbocycles. The van der Waals surface area contributed by atoms with Crippen molar-refractivity contribution in [3.63, 3.8) is 0 Å². The first-order valence-electron chi connectivity index (χ1n) is 5.02. The summed E-state index contributed by atoms with van der Waals surface area (Å²) in [6.07, 6.45) is 0. The molecule has 1 aliphatic rings. The molecule has 1 amide bonds. The topological polar surface area (TPSA) is 69.8 Å². The summed E-state index contributed by atoms with van der Waals surface area (Å²) < 4.78 is 6.66. The summed E-state index contributed by atoms with van der Waals surface area (Å²) in [6.45, 7) is 4.61. The van der Waals surface area contributed by atoms with Gasteiger partial charge in [-0.25, -0.2) is 0 Å². The first-order valence-corrected chi connectivity index (χ1v) is 4.52. The van der Waals surface area contributed by atoms with Crippen molar-refractivity contribution in [2.75, 3.05) is 45.9 Å². The fourth-order valence-electron chi connectivity index (χ4n) is 1.52. The lowest BCUT2D eigenvalue weighted by molar-refractivity contribution is -0.119. The molecule has 0 radical (unpaired) electrons. The highest BCUT2D eigenvalue weighted by Gasteiger charge is 2.16. The van der Waals surface area contributed by atoms with E-state index in [9.17, 15) is 4.79 Å². The van der Waals surface area contributed by atoms with Crippen LogP contribution in [0.1, 0.15) is 0 Å². The Morgan fingerprint density at radius 2 is 2.00 bits per heavy atom. The SMILES string of the molecule is [2H]NC(=O)CN1CCN(CCO)CC1. The van der Waals surface area contributed by atoms with Crippen molar-refractivity contribution in [3.05, 3.63) is 0 Å². The monoisotopic (exact) mass is 188 g/mol. The van der Waals surface area contributed by atoms with Crippen LogP contribution in [0.25, 0.3) is 0 Å². The molecule has 1 saturated heterocycles. The molecule has 1 aliphatic heterocycles. The predicted molar refractivity (Wildman–Crippen MR) is 49.2 cm³/mol. The maximum Gasteiger partial charge on any atom is 0.231 e. The average molecular weight is 188 g/mol. The molecule has 1 fully saturated rings. The van der Waals surface area contributed by atoms with Crippen LogP contribution in [0.4, 0.5) is 0 Å². The van der Waals surface area contributed by atoms with E-state index < -0.39 is 0 Å². The Hall–Kier alpha value is -0.650. The van der Waals surface area contributed by atoms with Gasteiger partial charge in [0.25, 0.3) is 0 Å². The maximum absolute atomic E-state index is 10.9. The van der Waals surface area contributed by atoms with Gasteiger partial charge in [0.15, 0.2) is 1.41 Å². The fraction of sp³-hybridized carbons (Fsp3) is 0.875. The molecule has 5 nitrogen and oxygen atoms in total. The van der Waals surface area contributed by atoms with Gasteiger partial charge in [-0.2, -0.15) is 0 Å². The molecule has 0 aromatic rings. The zero-order chi connectivity index (χ0) is 10.4. The second kappa shape index (κ2) is 5.16. The molecule has 0 aromatic heterocycles. The summed E-state index contributed by atoms with van der Waals surface area (Å²) in [5.74, 6) is -0.263. The van der Waals surface area contributed by atoms with Crippen LogP contribution in [-0.2, 0) is 4.79 Å². The standard InChI is InChI=1S/C8H17N3O2/c9-8(13)7-11-3-1-10(2-4-11)5-6-12/h12H,1-7H2,(H2,9,13)/i/hD. The third-order valence-electron chi connectivity index (χ3n) is 2.25. The summed E-state index contributed by atoms with van der Waals surface area (Å²) >= 11 is 0. The third-order valence-corrected chi connectivity index (χ3v) is 2.25. The number of hydrogen-bond acceptors (Lipinski definition) is 4. The molecule has 0 saturated carbocycles. The van der Waals surface area contributed by atoms with E-state index in [1.807, 2.05) is 10.6 Å². The number of primary amides is 1. The lowest BCUT2D eigenvalue weighted by atomic mass is 10.3. The van der Waals surface area contributed by atoms with Crippen LogP contribution in [-0.4, -0.2) is 66.7 Å². The number of amides is 1. The summed E-state index contributed by atoms with van der Waals surface area (Å²) in [6, 6.07) is 0. The van der Waals surface area contributed by atoms with Crippen LogP contribution < -0.4 is 5.73 Å². The predicted octanol–water partition coefficient (Wildman–Crippen LogP) is -1.92. The first kappa shape index (κ1) is 8.93. The maximum atomic E-state index is 10.9. The van der Waals surface area contributed by atoms with Crippen LogP contribution in [0.5, 0.6) is 0 Å². The van der Waals surface area contributed by atoms with Gasteiger partial charge in [-0.3, -0.25) is 14.6 Å². The molecular weight excluding hydrogens is 170 g/mol. The minimum atomic E-state index is -0.263. The van der Waals surface area contributed by atoms with E-state index in [-0.39, 0.29) is 12.5 Å². The van der Waals surface area contributed by atoms with Gasteiger partial charge in [0, 0.05) is 32.7 Å². The van der Waals surface area contributed by atoms with Gasteiger partial charge in [0.1, 0.15) is 0 Å². The zero-order valence-corrected chi connectivity index (χ0v) is 7.70. The number of nitrogens with two attached hydrogens (primary N) is 1. The Balaban J connectivity index is 2.18. The molecule has 1 heterocycles. The molecule has 0 unspecified atom stereocenters. The van der Waals surface area contributed by atoms with E-state index in [0.29, 0.717) is 13.1 Å². The minimum absolute atomic E-state index is 0.188. The van der Waals surface area contributed by atoms with Crippen LogP contribution in [0.15, 0.2) is 0 Å². The van der Waals surface area contributed by atoms with E-state index >= 15 is 0 Å². The number of hydrogen-bond donors (Lipinski definition) is 2. The molecule has 1 rings (SSSR count). The van der Waals surface area contributed by atoms with Gasteiger partial charge >= 0.3 is 0 Å². The van der Waals surface area contributed by atoms with E-state index in [0.717, 1.165) is 26.2 Å². The third kappa shape index (κ3) is 3.71. The van der Waals surface area contributed by atoms with E-state index in [1.165, 1.54) is 0 Å². The van der Waals surface area contributed by atoms with Crippen LogP contribution in [0.2, 0.25) is 1.41 Å². The second-order valence-electron chi connectivity index (χ2n) is 3.26. The van der Waals surface area contributed by atoms with Gasteiger partial charge < -0.3 is 10.8 Å². The van der Waals surface area contributed by atoms with Gasteiger partial charge in [-0.1, -0.05) is 0 Å². The number of rotatable bonds is 4. The lowest BCUT2D eigenvalue weighted by Crippen LogP contribution is -2.49. The normalized spacial score (nSPS) is 21.2. The smallest absolute Gasteiger partial charge is 0.231 e. The molecule has 0 bridgehead atoms. The number of aliphatic hydroxyl groups is 1. The van der Waals surface area contributed by atoms with Gasteiger partial charge in [0.05, 0.1) is 13.2 Å². The minimum Gasteiger partial charge on any atom is -0.395 e. The van der Waals surface area contributed by atoms with Crippen molar-refractivity contribution in [2.24, 2.45) is 5.73 Å². The molecule has 13 heavy (non-hydrogen) atoms. The Kier molecular flexibility index (Phi) is 3.54. The summed E-state index contributed by atoms with van der Waals surface area (Å²) in [7, 11) is 0. The highest BCUT2D eigenvalue weighted by molar-refractivity contribution is 5.75. The van der Waals surface area contributed by atoms with E-state index in [2.05, 4.69) is 4.90 Å². The van der Waals surface area contributed by atoms with Crippen molar-refractivity contribution in [3.8, 4) is 0 Å². The van der Waals surface area contributed by atoms with Crippen LogP contribution in [0, 0.1) is 0 Å². The molecule has 0 atom stereocenters. The lowest BCUT2D eigenvalue weighted by Gasteiger charge is -2.33. The van der Waals surface area contributed by atoms with Crippen LogP contribution >= 0.6 is 0 Å². The number of aliphatic hydroxyl groups excluding tert-OH is 1. The van der Waals surface area contributed by atoms with E-state index in [1.54, 1.807) is 0 Å². The summed E-state index contributed by atoms with van der Waals surface area (Å²) in [4.78, 5) is 15.1. The van der Waals surface area contributed by atoms with Crippen molar-refractivity contribution >= 4 is 5.91 Å². The number of carbonyl (C=O) groups excluding carboxylic acids is 1. The number of piperazine rings is 1. The molecule has 0 spiro atoms. The molecule has 5 heteroatoms. The zero-order valence-electron chi connectivity index (χ0n) is 8.70. The van der Waals surface area contributed by atoms with E-state index in [4.69, 9.17) is 6.52 Å². The van der Waals surface area contributed by atoms with Crippen molar-refractivity contribution in [2.45, 2.75) is 0 Å². The highest BCUT2D eigenvalue weighted by Crippen LogP contribution is 1.99. The molecule has 76 valence electrons. The molecule has 0 aromatic carbocycles. The van der Waals surface area contributed by atoms with Crippen LogP contribution in [0.3, 0.4) is 0 Å². The molecule has 3 N–H and O–H groups in total. The number of carbonyl (C=O) groups is 1. The van der Waals surface area contributed by atoms with Crippen molar-refractivity contribution in [1.82, 2.24) is 9.80 Å². The Morgan fingerprint density at radius 1 is 1.38 bits per heavy atom. The average Bonchev–Trinajstić information content (AvgIpc) is 2.21. The largest absolute Gasteiger partial charge is 0.395 e. The molecular formula is C8H17N3O2. The van der Waals surface area contributed by atoms with Crippen molar-refractivity contribution in [1.29, 1.82) is 0 Å². The first-order chi connectivity index (χ1) is 6.76. The Labute approximate surface area is 79.6 Å². The number of β-amino-alcohol motifs (C(OH)–C–C–N with tert-alkyl or cyclic N) is 1. The quantitative estimate of drug-likeness (QED) is 0.539. The summed E-state index contributed by atoms with van der Waals surface area (Å²) in [5, 5.41) is 8.72. The fourth-order valence-corrected chi connectivity index (χ4v) is 1.52. The Bertz CT molecular complexity index is 183. The highest BCUT2D eigenvalue weighted by atomic mass is 16.3. The second-order valence-corrected chi connectivity index (χ2v) is 3.26. The van der Waals surface area contributed by atoms with Gasteiger partial charge in [-0.05, 0) is 0 Å². The van der Waals surface area contributed by atoms with Gasteiger partial charge in [0.2, 0.25) is 5.91 Å². The van der Waals surface area contributed by atoms with Gasteiger partial charge in [-0.15, -0.1) is 0 Å². The van der Waals surface area contributed by atoms with Crippen molar-refractivity contribution < 1.29 is 11.3 Å². The summed E-state index contributed by atoms with van der Waals surface area (Å²) in [5.41, 5.74) is 1.86. The number of nitrogens with zero attached hydrogens (tertiary/aromatic N) is 2.